The van der Waals surface area contributed by atoms with E-state index in [1.165, 1.54) is 17.2 Å². The molecule has 0 spiro atoms. The number of aryl methyl sites for hydroxylation is 1. The van der Waals surface area contributed by atoms with E-state index in [9.17, 15) is 4.39 Å². The number of hydrogen-bond donors (Lipinski definition) is 1. The Balaban J connectivity index is 2.06. The lowest BCUT2D eigenvalue weighted by Gasteiger charge is -2.15. The summed E-state index contributed by atoms with van der Waals surface area (Å²) >= 11 is 5.07. The van der Waals surface area contributed by atoms with Crippen LogP contribution in [-0.2, 0) is 6.54 Å². The molecule has 2 rings (SSSR count). The molecular weight excluding hydrogens is 313 g/mol. The van der Waals surface area contributed by atoms with Gasteiger partial charge in [0.25, 0.3) is 0 Å². The van der Waals surface area contributed by atoms with Crippen LogP contribution in [0.5, 0.6) is 0 Å². The molecule has 96 valence electrons. The third kappa shape index (κ3) is 3.19. The predicted molar refractivity (Wildman–Crippen MR) is 78.4 cm³/mol. The summed E-state index contributed by atoms with van der Waals surface area (Å²) in [6, 6.07) is 5.02. The molecule has 0 bridgehead atoms. The molecule has 1 aromatic carbocycles. The highest BCUT2D eigenvalue weighted by molar-refractivity contribution is 9.10. The molecule has 4 heteroatoms. The van der Waals surface area contributed by atoms with E-state index in [1.807, 2.05) is 13.0 Å². The van der Waals surface area contributed by atoms with Crippen LogP contribution in [0.2, 0.25) is 0 Å². The van der Waals surface area contributed by atoms with Crippen LogP contribution in [0.4, 0.5) is 4.39 Å². The van der Waals surface area contributed by atoms with E-state index in [-0.39, 0.29) is 11.9 Å². The Bertz CT molecular complexity index is 538. The molecule has 1 heterocycles. The van der Waals surface area contributed by atoms with E-state index >= 15 is 0 Å². The Morgan fingerprint density at radius 3 is 2.83 bits per heavy atom. The SMILES string of the molecule is Cc1cscc1CNC(C)c1cc(Br)ccc1F. The van der Waals surface area contributed by atoms with Crippen molar-refractivity contribution in [3.05, 3.63) is 55.9 Å². The van der Waals surface area contributed by atoms with Gasteiger partial charge in [-0.25, -0.2) is 4.39 Å². The molecule has 1 unspecified atom stereocenters. The number of hydrogen-bond acceptors (Lipinski definition) is 2. The summed E-state index contributed by atoms with van der Waals surface area (Å²) in [5.74, 6) is -0.166. The molecule has 0 aliphatic rings. The van der Waals surface area contributed by atoms with Crippen molar-refractivity contribution >= 4 is 27.3 Å². The Labute approximate surface area is 119 Å². The zero-order valence-corrected chi connectivity index (χ0v) is 12.7. The first-order valence-corrected chi connectivity index (χ1v) is 7.51. The maximum Gasteiger partial charge on any atom is 0.128 e. The van der Waals surface area contributed by atoms with Crippen LogP contribution in [0.15, 0.2) is 33.4 Å². The van der Waals surface area contributed by atoms with E-state index in [2.05, 4.69) is 38.9 Å². The van der Waals surface area contributed by atoms with Gasteiger partial charge in [0.15, 0.2) is 0 Å². The van der Waals surface area contributed by atoms with E-state index in [1.54, 1.807) is 17.4 Å². The van der Waals surface area contributed by atoms with Gasteiger partial charge in [-0.3, -0.25) is 0 Å². The Kier molecular flexibility index (Phi) is 4.54. The van der Waals surface area contributed by atoms with Crippen molar-refractivity contribution in [2.24, 2.45) is 0 Å². The second kappa shape index (κ2) is 5.95. The van der Waals surface area contributed by atoms with Gasteiger partial charge in [-0.15, -0.1) is 0 Å². The molecular formula is C14H15BrFNS. The first-order chi connectivity index (χ1) is 8.58. The Hall–Kier alpha value is -0.710. The quantitative estimate of drug-likeness (QED) is 0.849. The smallest absolute Gasteiger partial charge is 0.128 e. The van der Waals surface area contributed by atoms with Crippen LogP contribution in [0.3, 0.4) is 0 Å². The monoisotopic (exact) mass is 327 g/mol. The van der Waals surface area contributed by atoms with Crippen molar-refractivity contribution < 1.29 is 4.39 Å². The molecule has 0 saturated carbocycles. The molecule has 0 amide bonds. The number of rotatable bonds is 4. The molecule has 1 nitrogen and oxygen atoms in total. The summed E-state index contributed by atoms with van der Waals surface area (Å²) in [4.78, 5) is 0. The maximum absolute atomic E-state index is 13.7. The fourth-order valence-corrected chi connectivity index (χ4v) is 3.02. The average Bonchev–Trinajstić information content (AvgIpc) is 2.75. The molecule has 1 atom stereocenters. The van der Waals surface area contributed by atoms with Gasteiger partial charge in [0.2, 0.25) is 0 Å². The van der Waals surface area contributed by atoms with E-state index in [4.69, 9.17) is 0 Å². The number of thiophene rings is 1. The zero-order valence-electron chi connectivity index (χ0n) is 10.3. The molecule has 0 saturated heterocycles. The van der Waals surface area contributed by atoms with Gasteiger partial charge < -0.3 is 5.32 Å². The van der Waals surface area contributed by atoms with Gasteiger partial charge in [-0.2, -0.15) is 11.3 Å². The molecule has 0 radical (unpaired) electrons. The predicted octanol–water partition coefficient (Wildman–Crippen LogP) is 4.81. The van der Waals surface area contributed by atoms with Crippen LogP contribution in [0.1, 0.15) is 29.7 Å². The van der Waals surface area contributed by atoms with Crippen LogP contribution < -0.4 is 5.32 Å². The second-order valence-corrected chi connectivity index (χ2v) is 6.01. The lowest BCUT2D eigenvalue weighted by molar-refractivity contribution is 0.528. The molecule has 0 aliphatic heterocycles. The Morgan fingerprint density at radius 2 is 2.17 bits per heavy atom. The summed E-state index contributed by atoms with van der Waals surface area (Å²) in [7, 11) is 0. The highest BCUT2D eigenvalue weighted by Gasteiger charge is 2.11. The highest BCUT2D eigenvalue weighted by Crippen LogP contribution is 2.22. The molecule has 0 fully saturated rings. The van der Waals surface area contributed by atoms with Crippen LogP contribution in [0.25, 0.3) is 0 Å². The van der Waals surface area contributed by atoms with Crippen LogP contribution >= 0.6 is 27.3 Å². The number of nitrogens with one attached hydrogen (secondary N) is 1. The molecule has 18 heavy (non-hydrogen) atoms. The van der Waals surface area contributed by atoms with Crippen molar-refractivity contribution in [1.82, 2.24) is 5.32 Å². The number of halogens is 2. The second-order valence-electron chi connectivity index (χ2n) is 4.35. The molecule has 1 N–H and O–H groups in total. The molecule has 2 aromatic rings. The summed E-state index contributed by atoms with van der Waals surface area (Å²) in [6.45, 7) is 4.84. The maximum atomic E-state index is 13.7. The van der Waals surface area contributed by atoms with Crippen LogP contribution in [-0.4, -0.2) is 0 Å². The lowest BCUT2D eigenvalue weighted by Crippen LogP contribution is -2.19. The van der Waals surface area contributed by atoms with Crippen molar-refractivity contribution in [2.45, 2.75) is 26.4 Å². The third-order valence-corrected chi connectivity index (χ3v) is 4.39. The summed E-state index contributed by atoms with van der Waals surface area (Å²) in [5, 5.41) is 7.61. The molecule has 1 aromatic heterocycles. The lowest BCUT2D eigenvalue weighted by atomic mass is 10.1. The van der Waals surface area contributed by atoms with E-state index < -0.39 is 0 Å². The van der Waals surface area contributed by atoms with Crippen LogP contribution in [0, 0.1) is 12.7 Å². The van der Waals surface area contributed by atoms with Gasteiger partial charge in [0, 0.05) is 22.6 Å². The average molecular weight is 328 g/mol. The van der Waals surface area contributed by atoms with Gasteiger partial charge in [-0.05, 0) is 53.9 Å². The summed E-state index contributed by atoms with van der Waals surface area (Å²) < 4.78 is 14.6. The first-order valence-electron chi connectivity index (χ1n) is 5.78. The zero-order chi connectivity index (χ0) is 13.1. The van der Waals surface area contributed by atoms with Gasteiger partial charge >= 0.3 is 0 Å². The summed E-state index contributed by atoms with van der Waals surface area (Å²) in [5.41, 5.74) is 3.26. The Morgan fingerprint density at radius 1 is 1.39 bits per heavy atom. The normalized spacial score (nSPS) is 12.7. The highest BCUT2D eigenvalue weighted by atomic mass is 79.9. The van der Waals surface area contributed by atoms with E-state index in [0.717, 1.165) is 11.0 Å². The van der Waals surface area contributed by atoms with Crippen molar-refractivity contribution in [3.63, 3.8) is 0 Å². The fourth-order valence-electron chi connectivity index (χ4n) is 1.79. The minimum Gasteiger partial charge on any atom is -0.306 e. The summed E-state index contributed by atoms with van der Waals surface area (Å²) in [6.07, 6.45) is 0. The first kappa shape index (κ1) is 13.7. The van der Waals surface area contributed by atoms with Gasteiger partial charge in [0.05, 0.1) is 0 Å². The van der Waals surface area contributed by atoms with Crippen molar-refractivity contribution in [3.8, 4) is 0 Å². The standard InChI is InChI=1S/C14H15BrFNS/c1-9-7-18-8-11(9)6-17-10(2)13-5-12(15)3-4-14(13)16/h3-5,7-8,10,17H,6H2,1-2H3. The largest absolute Gasteiger partial charge is 0.306 e. The minimum atomic E-state index is -0.166. The molecule has 0 aliphatic carbocycles. The number of benzene rings is 1. The van der Waals surface area contributed by atoms with Gasteiger partial charge in [0.1, 0.15) is 5.82 Å². The third-order valence-electron chi connectivity index (χ3n) is 2.98. The van der Waals surface area contributed by atoms with Crippen molar-refractivity contribution in [2.75, 3.05) is 0 Å². The van der Waals surface area contributed by atoms with E-state index in [0.29, 0.717) is 5.56 Å². The minimum absolute atomic E-state index is 0.0122. The van der Waals surface area contributed by atoms with Gasteiger partial charge in [-0.1, -0.05) is 15.9 Å². The van der Waals surface area contributed by atoms with Crippen molar-refractivity contribution in [1.29, 1.82) is 0 Å². The fraction of sp³-hybridized carbons (Fsp3) is 0.286. The topological polar surface area (TPSA) is 12.0 Å².